The van der Waals surface area contributed by atoms with Crippen molar-refractivity contribution in [2.75, 3.05) is 7.11 Å². The molecule has 0 amide bonds. The summed E-state index contributed by atoms with van der Waals surface area (Å²) < 4.78 is 34.1. The molecule has 0 spiro atoms. The van der Waals surface area contributed by atoms with Crippen LogP contribution in [0.25, 0.3) is 0 Å². The first kappa shape index (κ1) is 18.4. The molecule has 134 valence electrons. The summed E-state index contributed by atoms with van der Waals surface area (Å²) >= 11 is 1.59. The quantitative estimate of drug-likeness (QED) is 0.561. The summed E-state index contributed by atoms with van der Waals surface area (Å²) in [6, 6.07) is 18.2. The van der Waals surface area contributed by atoms with Crippen molar-refractivity contribution in [3.63, 3.8) is 0 Å². The van der Waals surface area contributed by atoms with Gasteiger partial charge in [-0.2, -0.15) is 24.2 Å². The third-order valence-corrected chi connectivity index (χ3v) is 5.98. The normalized spacial score (nSPS) is 13.0. The van der Waals surface area contributed by atoms with Gasteiger partial charge in [-0.1, -0.05) is 30.3 Å². The van der Waals surface area contributed by atoms with E-state index in [0.29, 0.717) is 12.2 Å². The maximum atomic E-state index is 12.5. The lowest BCUT2D eigenvalue weighted by molar-refractivity contribution is 0.414. The molecule has 26 heavy (non-hydrogen) atoms. The molecule has 6 heteroatoms. The molecule has 0 N–H and O–H groups in total. The lowest BCUT2D eigenvalue weighted by atomic mass is 9.95. The summed E-state index contributed by atoms with van der Waals surface area (Å²) in [5.74, 6) is 0.504. The fraction of sp³-hybridized carbons (Fsp3) is 0.150. The van der Waals surface area contributed by atoms with Gasteiger partial charge in [0.25, 0.3) is 10.0 Å². The van der Waals surface area contributed by atoms with E-state index in [1.54, 1.807) is 23.5 Å². The van der Waals surface area contributed by atoms with Crippen LogP contribution < -0.4 is 4.74 Å². The third kappa shape index (κ3) is 4.59. The van der Waals surface area contributed by atoms with Gasteiger partial charge in [0, 0.05) is 12.1 Å². The number of hydrogen-bond donors (Lipinski definition) is 0. The van der Waals surface area contributed by atoms with Crippen LogP contribution in [-0.2, 0) is 16.4 Å². The van der Waals surface area contributed by atoms with Crippen LogP contribution in [0.5, 0.6) is 5.75 Å². The zero-order valence-corrected chi connectivity index (χ0v) is 15.9. The van der Waals surface area contributed by atoms with E-state index in [9.17, 15) is 8.42 Å². The summed E-state index contributed by atoms with van der Waals surface area (Å²) in [5.41, 5.74) is 2.20. The SMILES string of the molecule is COc1ccc(S(=O)(=O)/N=C/C(Cc2ccccc2)c2ccsc2)cc1. The Balaban J connectivity index is 1.85. The second-order valence-corrected chi connectivity index (χ2v) is 8.17. The summed E-state index contributed by atoms with van der Waals surface area (Å²) in [7, 11) is -2.21. The van der Waals surface area contributed by atoms with Crippen LogP contribution in [0.1, 0.15) is 17.0 Å². The standard InChI is InChI=1S/C20H19NO3S2/c1-24-19-7-9-20(10-8-19)26(22,23)21-14-18(17-11-12-25-15-17)13-16-5-3-2-4-6-16/h2-12,14-15,18H,13H2,1H3/b21-14+. The smallest absolute Gasteiger partial charge is 0.281 e. The highest BCUT2D eigenvalue weighted by Crippen LogP contribution is 2.23. The van der Waals surface area contributed by atoms with Crippen LogP contribution in [0.2, 0.25) is 0 Å². The predicted octanol–water partition coefficient (Wildman–Crippen LogP) is 4.54. The summed E-state index contributed by atoms with van der Waals surface area (Å²) in [5, 5.41) is 4.01. The van der Waals surface area contributed by atoms with Gasteiger partial charge in [0.15, 0.2) is 0 Å². The van der Waals surface area contributed by atoms with Gasteiger partial charge >= 0.3 is 0 Å². The Morgan fingerprint density at radius 1 is 1.08 bits per heavy atom. The molecule has 0 aliphatic carbocycles. The van der Waals surface area contributed by atoms with Gasteiger partial charge in [0.2, 0.25) is 0 Å². The molecular formula is C20H19NO3S2. The first-order chi connectivity index (χ1) is 12.6. The Hall–Kier alpha value is -2.44. The number of sulfonamides is 1. The Morgan fingerprint density at radius 3 is 2.42 bits per heavy atom. The number of ether oxygens (including phenoxy) is 1. The zero-order chi connectivity index (χ0) is 18.4. The minimum atomic E-state index is -3.75. The molecule has 1 aromatic heterocycles. The summed E-state index contributed by atoms with van der Waals surface area (Å²) in [6.07, 6.45) is 2.23. The summed E-state index contributed by atoms with van der Waals surface area (Å²) in [6.45, 7) is 0. The third-order valence-electron chi connectivity index (χ3n) is 4.01. The molecule has 0 aliphatic heterocycles. The Bertz CT molecular complexity index is 948. The van der Waals surface area contributed by atoms with Crippen LogP contribution in [0.4, 0.5) is 0 Å². The molecule has 4 nitrogen and oxygen atoms in total. The maximum absolute atomic E-state index is 12.5. The molecule has 0 saturated heterocycles. The van der Waals surface area contributed by atoms with Gasteiger partial charge < -0.3 is 4.74 Å². The number of rotatable bonds is 7. The fourth-order valence-corrected chi connectivity index (χ4v) is 4.21. The number of thiophene rings is 1. The van der Waals surface area contributed by atoms with Crippen LogP contribution >= 0.6 is 11.3 Å². The monoisotopic (exact) mass is 385 g/mol. The molecule has 0 saturated carbocycles. The zero-order valence-electron chi connectivity index (χ0n) is 14.3. The van der Waals surface area contributed by atoms with Crippen molar-refractivity contribution in [1.29, 1.82) is 0 Å². The number of hydrogen-bond acceptors (Lipinski definition) is 4. The lowest BCUT2D eigenvalue weighted by Gasteiger charge is -2.11. The second-order valence-electron chi connectivity index (χ2n) is 5.76. The number of methoxy groups -OCH3 is 1. The Labute approximate surface area is 157 Å². The largest absolute Gasteiger partial charge is 0.497 e. The Morgan fingerprint density at radius 2 is 1.81 bits per heavy atom. The molecule has 3 rings (SSSR count). The van der Waals surface area contributed by atoms with Gasteiger partial charge in [-0.05, 0) is 58.6 Å². The van der Waals surface area contributed by atoms with E-state index >= 15 is 0 Å². The molecule has 3 aromatic rings. The molecule has 1 heterocycles. The second kappa shape index (κ2) is 8.29. The molecular weight excluding hydrogens is 366 g/mol. The molecule has 1 atom stereocenters. The van der Waals surface area contributed by atoms with E-state index in [-0.39, 0.29) is 10.8 Å². The highest BCUT2D eigenvalue weighted by Gasteiger charge is 2.15. The van der Waals surface area contributed by atoms with E-state index < -0.39 is 10.0 Å². The van der Waals surface area contributed by atoms with Gasteiger partial charge in [-0.3, -0.25) is 0 Å². The van der Waals surface area contributed by atoms with E-state index in [1.807, 2.05) is 47.2 Å². The van der Waals surface area contributed by atoms with Gasteiger partial charge in [-0.15, -0.1) is 0 Å². The van der Waals surface area contributed by atoms with Crippen molar-refractivity contribution < 1.29 is 13.2 Å². The number of nitrogens with zero attached hydrogens (tertiary/aromatic N) is 1. The van der Waals surface area contributed by atoms with Crippen LogP contribution in [0, 0.1) is 0 Å². The molecule has 0 radical (unpaired) electrons. The van der Waals surface area contributed by atoms with Crippen molar-refractivity contribution >= 4 is 27.6 Å². The highest BCUT2D eigenvalue weighted by atomic mass is 32.2. The average Bonchev–Trinajstić information content (AvgIpc) is 3.20. The van der Waals surface area contributed by atoms with Crippen molar-refractivity contribution in [3.8, 4) is 5.75 Å². The molecule has 0 fully saturated rings. The fourth-order valence-electron chi connectivity index (χ4n) is 2.57. The predicted molar refractivity (Wildman–Crippen MR) is 106 cm³/mol. The highest BCUT2D eigenvalue weighted by molar-refractivity contribution is 7.90. The molecule has 2 aromatic carbocycles. The van der Waals surface area contributed by atoms with Crippen molar-refractivity contribution in [1.82, 2.24) is 0 Å². The first-order valence-electron chi connectivity index (χ1n) is 8.09. The van der Waals surface area contributed by atoms with E-state index in [4.69, 9.17) is 4.74 Å². The molecule has 0 bridgehead atoms. The maximum Gasteiger partial charge on any atom is 0.281 e. The summed E-state index contributed by atoms with van der Waals surface area (Å²) in [4.78, 5) is 0.151. The van der Waals surface area contributed by atoms with Gasteiger partial charge in [0.1, 0.15) is 5.75 Å². The van der Waals surface area contributed by atoms with Gasteiger partial charge in [-0.25, -0.2) is 0 Å². The van der Waals surface area contributed by atoms with E-state index in [1.165, 1.54) is 25.5 Å². The minimum absolute atomic E-state index is 0.100. The lowest BCUT2D eigenvalue weighted by Crippen LogP contribution is -2.06. The Kier molecular flexibility index (Phi) is 5.85. The average molecular weight is 386 g/mol. The van der Waals surface area contributed by atoms with Gasteiger partial charge in [0.05, 0.1) is 12.0 Å². The van der Waals surface area contributed by atoms with E-state index in [2.05, 4.69) is 4.40 Å². The van der Waals surface area contributed by atoms with E-state index in [0.717, 1.165) is 11.1 Å². The number of benzene rings is 2. The first-order valence-corrected chi connectivity index (χ1v) is 10.5. The molecule has 1 unspecified atom stereocenters. The van der Waals surface area contributed by atoms with Crippen molar-refractivity contribution in [3.05, 3.63) is 82.6 Å². The minimum Gasteiger partial charge on any atom is -0.497 e. The van der Waals surface area contributed by atoms with Crippen LogP contribution in [0.15, 0.2) is 80.7 Å². The molecule has 0 aliphatic rings. The topological polar surface area (TPSA) is 55.7 Å². The van der Waals surface area contributed by atoms with Crippen molar-refractivity contribution in [2.45, 2.75) is 17.2 Å². The van der Waals surface area contributed by atoms with Crippen molar-refractivity contribution in [2.24, 2.45) is 4.40 Å². The van der Waals surface area contributed by atoms with Crippen LogP contribution in [0.3, 0.4) is 0 Å². The van der Waals surface area contributed by atoms with Crippen LogP contribution in [-0.4, -0.2) is 21.7 Å².